The molecule has 0 unspecified atom stereocenters. The lowest BCUT2D eigenvalue weighted by molar-refractivity contribution is 0.0954. The smallest absolute Gasteiger partial charge is 0.251 e. The molecule has 2 aliphatic heterocycles. The Morgan fingerprint density at radius 2 is 1.91 bits per heavy atom. The predicted molar refractivity (Wildman–Crippen MR) is 122 cm³/mol. The maximum atomic E-state index is 12.9. The fourth-order valence-electron chi connectivity index (χ4n) is 4.07. The summed E-state index contributed by atoms with van der Waals surface area (Å²) in [5, 5.41) is 3.35. The first-order valence-electron chi connectivity index (χ1n) is 10.8. The van der Waals surface area contributed by atoms with Gasteiger partial charge in [-0.3, -0.25) is 4.79 Å². The third-order valence-corrected chi connectivity index (χ3v) is 8.13. The average molecular weight is 479 g/mol. The quantitative estimate of drug-likeness (QED) is 0.685. The van der Waals surface area contributed by atoms with Crippen molar-refractivity contribution < 1.29 is 22.7 Å². The number of nitrogens with one attached hydrogen (secondary N) is 1. The van der Waals surface area contributed by atoms with Crippen molar-refractivity contribution in [1.29, 1.82) is 0 Å². The number of carbonyl (C=O) groups is 1. The largest absolute Gasteiger partial charge is 0.486 e. The van der Waals surface area contributed by atoms with Crippen LogP contribution in [-0.2, 0) is 16.4 Å². The number of sulfonamides is 1. The topological polar surface area (TPSA) is 84.9 Å². The number of ether oxygens (including phenoxy) is 2. The van der Waals surface area contributed by atoms with Gasteiger partial charge in [0, 0.05) is 24.7 Å². The molecule has 0 spiro atoms. The number of rotatable bonds is 6. The minimum absolute atomic E-state index is 0.00853. The number of hydrogen-bond donors (Lipinski definition) is 1. The van der Waals surface area contributed by atoms with E-state index < -0.39 is 10.0 Å². The Balaban J connectivity index is 1.36. The highest BCUT2D eigenvalue weighted by molar-refractivity contribution is 7.89. The van der Waals surface area contributed by atoms with Crippen molar-refractivity contribution in [3.63, 3.8) is 0 Å². The van der Waals surface area contributed by atoms with Gasteiger partial charge in [-0.25, -0.2) is 8.42 Å². The van der Waals surface area contributed by atoms with Gasteiger partial charge < -0.3 is 14.8 Å². The van der Waals surface area contributed by atoms with Crippen molar-refractivity contribution in [3.05, 3.63) is 52.5 Å². The summed E-state index contributed by atoms with van der Waals surface area (Å²) in [5.74, 6) is 0.911. The molecular formula is C23H27ClN2O5S. The fraction of sp³-hybridized carbons (Fsp3) is 0.435. The summed E-state index contributed by atoms with van der Waals surface area (Å²) >= 11 is 6.26. The molecule has 4 rings (SSSR count). The van der Waals surface area contributed by atoms with Crippen LogP contribution in [0.4, 0.5) is 0 Å². The van der Waals surface area contributed by atoms with Gasteiger partial charge in [0.2, 0.25) is 10.0 Å². The number of hydrogen-bond acceptors (Lipinski definition) is 5. The molecule has 1 N–H and O–H groups in total. The van der Waals surface area contributed by atoms with Crippen molar-refractivity contribution in [2.75, 3.05) is 26.3 Å². The highest BCUT2D eigenvalue weighted by Crippen LogP contribution is 2.38. The maximum Gasteiger partial charge on any atom is 0.251 e. The van der Waals surface area contributed by atoms with E-state index >= 15 is 0 Å². The van der Waals surface area contributed by atoms with Crippen LogP contribution in [0.15, 0.2) is 41.3 Å². The molecule has 172 valence electrons. The van der Waals surface area contributed by atoms with E-state index in [1.165, 1.54) is 12.1 Å². The first-order valence-corrected chi connectivity index (χ1v) is 12.7. The van der Waals surface area contributed by atoms with Crippen LogP contribution in [0.25, 0.3) is 0 Å². The molecule has 1 atom stereocenters. The Bertz CT molecular complexity index is 1090. The van der Waals surface area contributed by atoms with Crippen molar-refractivity contribution in [2.45, 2.75) is 43.5 Å². The number of fused-ring (bicyclic) bond motifs is 1. The fourth-order valence-corrected chi connectivity index (χ4v) is 6.06. The van der Waals surface area contributed by atoms with Crippen LogP contribution in [0.5, 0.6) is 11.5 Å². The number of nitrogens with zero attached hydrogens (tertiary/aromatic N) is 1. The second-order valence-electron chi connectivity index (χ2n) is 8.09. The highest BCUT2D eigenvalue weighted by atomic mass is 35.5. The predicted octanol–water partition coefficient (Wildman–Crippen LogP) is 3.65. The van der Waals surface area contributed by atoms with Crippen LogP contribution in [0, 0.1) is 0 Å². The third-order valence-electron chi connectivity index (χ3n) is 5.82. The summed E-state index contributed by atoms with van der Waals surface area (Å²) in [6, 6.07) is 9.79. The monoisotopic (exact) mass is 478 g/mol. The standard InChI is InChI=1S/C23H27ClN2O5S/c1-16-4-2-3-11-26(16)32(28,29)19-7-5-18(6-8-19)23(27)25-10-9-17-14-20(24)22-21(15-17)30-12-13-31-22/h5-8,14-16H,2-4,9-13H2,1H3,(H,25,27)/t16-/m0/s1. The Kier molecular flexibility index (Phi) is 6.93. The van der Waals surface area contributed by atoms with Gasteiger partial charge in [-0.1, -0.05) is 18.0 Å². The van der Waals surface area contributed by atoms with E-state index in [-0.39, 0.29) is 16.8 Å². The van der Waals surface area contributed by atoms with Crippen molar-refractivity contribution in [1.82, 2.24) is 9.62 Å². The van der Waals surface area contributed by atoms with E-state index in [0.717, 1.165) is 24.8 Å². The van der Waals surface area contributed by atoms with Gasteiger partial charge in [0.25, 0.3) is 5.91 Å². The summed E-state index contributed by atoms with van der Waals surface area (Å²) in [4.78, 5) is 12.7. The number of halogens is 1. The van der Waals surface area contributed by atoms with Crippen molar-refractivity contribution in [2.24, 2.45) is 0 Å². The number of carbonyl (C=O) groups excluding carboxylic acids is 1. The summed E-state index contributed by atoms with van der Waals surface area (Å²) in [7, 11) is -3.55. The molecule has 2 aromatic rings. The normalized spacial score (nSPS) is 18.9. The Morgan fingerprint density at radius 3 is 2.66 bits per heavy atom. The van der Waals surface area contributed by atoms with Crippen LogP contribution < -0.4 is 14.8 Å². The zero-order chi connectivity index (χ0) is 22.7. The van der Waals surface area contributed by atoms with E-state index in [4.69, 9.17) is 21.1 Å². The number of amides is 1. The molecule has 2 aliphatic rings. The van der Waals surface area contributed by atoms with Crippen LogP contribution >= 0.6 is 11.6 Å². The lowest BCUT2D eigenvalue weighted by atomic mass is 10.1. The molecule has 1 saturated heterocycles. The molecule has 0 saturated carbocycles. The molecule has 2 aromatic carbocycles. The lowest BCUT2D eigenvalue weighted by Crippen LogP contribution is -2.41. The molecule has 0 radical (unpaired) electrons. The molecule has 32 heavy (non-hydrogen) atoms. The number of piperidine rings is 1. The Morgan fingerprint density at radius 1 is 1.16 bits per heavy atom. The lowest BCUT2D eigenvalue weighted by Gasteiger charge is -2.32. The second kappa shape index (κ2) is 9.68. The van der Waals surface area contributed by atoms with Crippen LogP contribution in [0.3, 0.4) is 0 Å². The van der Waals surface area contributed by atoms with Crippen LogP contribution in [0.1, 0.15) is 42.1 Å². The van der Waals surface area contributed by atoms with E-state index in [9.17, 15) is 13.2 Å². The van der Waals surface area contributed by atoms with E-state index in [2.05, 4.69) is 5.32 Å². The van der Waals surface area contributed by atoms with Crippen molar-refractivity contribution in [3.8, 4) is 11.5 Å². The van der Waals surface area contributed by atoms with Gasteiger partial charge in [0.15, 0.2) is 11.5 Å². The van der Waals surface area contributed by atoms with Gasteiger partial charge >= 0.3 is 0 Å². The van der Waals surface area contributed by atoms with Crippen molar-refractivity contribution >= 4 is 27.5 Å². The molecule has 1 amide bonds. The molecule has 9 heteroatoms. The van der Waals surface area contributed by atoms with E-state index in [1.807, 2.05) is 19.1 Å². The Labute approximate surface area is 193 Å². The molecule has 2 heterocycles. The first-order chi connectivity index (χ1) is 15.4. The summed E-state index contributed by atoms with van der Waals surface area (Å²) in [5.41, 5.74) is 1.34. The second-order valence-corrected chi connectivity index (χ2v) is 10.4. The number of benzene rings is 2. The Hall–Kier alpha value is -2.29. The molecule has 0 bridgehead atoms. The zero-order valence-corrected chi connectivity index (χ0v) is 19.5. The van der Waals surface area contributed by atoms with Gasteiger partial charge in [-0.05, 0) is 68.1 Å². The first kappa shape index (κ1) is 22.9. The highest BCUT2D eigenvalue weighted by Gasteiger charge is 2.30. The van der Waals surface area contributed by atoms with Crippen LogP contribution in [0.2, 0.25) is 5.02 Å². The summed E-state index contributed by atoms with van der Waals surface area (Å²) in [6.45, 7) is 3.83. The zero-order valence-electron chi connectivity index (χ0n) is 18.0. The molecule has 0 aromatic heterocycles. The van der Waals surface area contributed by atoms with Crippen LogP contribution in [-0.4, -0.2) is 51.0 Å². The van der Waals surface area contributed by atoms with Gasteiger partial charge in [0.1, 0.15) is 13.2 Å². The summed E-state index contributed by atoms with van der Waals surface area (Å²) < 4.78 is 38.5. The molecular weight excluding hydrogens is 452 g/mol. The van der Waals surface area contributed by atoms with E-state index in [0.29, 0.717) is 54.8 Å². The SMILES string of the molecule is C[C@H]1CCCCN1S(=O)(=O)c1ccc(C(=O)NCCc2cc(Cl)c3c(c2)OCCO3)cc1. The van der Waals surface area contributed by atoms with Gasteiger partial charge in [-0.15, -0.1) is 0 Å². The summed E-state index contributed by atoms with van der Waals surface area (Å²) in [6.07, 6.45) is 3.36. The maximum absolute atomic E-state index is 12.9. The van der Waals surface area contributed by atoms with Gasteiger partial charge in [0.05, 0.1) is 9.92 Å². The third kappa shape index (κ3) is 4.87. The van der Waals surface area contributed by atoms with E-state index in [1.54, 1.807) is 16.4 Å². The molecule has 0 aliphatic carbocycles. The molecule has 7 nitrogen and oxygen atoms in total. The molecule has 1 fully saturated rings. The van der Waals surface area contributed by atoms with Gasteiger partial charge in [-0.2, -0.15) is 4.31 Å². The minimum atomic E-state index is -3.55. The minimum Gasteiger partial charge on any atom is -0.486 e. The average Bonchev–Trinajstić information content (AvgIpc) is 2.79.